The van der Waals surface area contributed by atoms with Gasteiger partial charge in [-0.15, -0.1) is 0 Å². The lowest BCUT2D eigenvalue weighted by Gasteiger charge is -2.37. The van der Waals surface area contributed by atoms with Crippen molar-refractivity contribution in [2.75, 3.05) is 13.8 Å². The first-order valence-electron chi connectivity index (χ1n) is 12.7. The molecular weight excluding hydrogens is 440 g/mol. The molecule has 0 saturated heterocycles. The summed E-state index contributed by atoms with van der Waals surface area (Å²) < 4.78 is 20.0. The Kier molecular flexibility index (Phi) is 5.56. The van der Waals surface area contributed by atoms with Crippen LogP contribution in [0.5, 0.6) is 17.2 Å². The van der Waals surface area contributed by atoms with E-state index >= 15 is 0 Å². The Hall–Kier alpha value is -3.25. The number of nitrogens with zero attached hydrogens (tertiary/aromatic N) is 2. The number of benzene rings is 2. The molecule has 0 N–H and O–H groups in total. The van der Waals surface area contributed by atoms with Gasteiger partial charge >= 0.3 is 0 Å². The second-order valence-electron chi connectivity index (χ2n) is 9.87. The first-order chi connectivity index (χ1) is 17.1. The second kappa shape index (κ2) is 8.76. The van der Waals surface area contributed by atoms with E-state index < -0.39 is 0 Å². The lowest BCUT2D eigenvalue weighted by Crippen LogP contribution is -2.41. The Morgan fingerprint density at radius 2 is 1.97 bits per heavy atom. The number of hydrogen-bond acceptors (Lipinski definition) is 5. The molecule has 0 radical (unpaired) electrons. The SMILES string of the molecule is CCn1cc(/C=C2\Oc3c(cc4c(c3C)OCN(C3CCCCC3)C4)C2=O)c2cc(OC)ccc21. The van der Waals surface area contributed by atoms with Gasteiger partial charge in [-0.25, -0.2) is 0 Å². The second-order valence-corrected chi connectivity index (χ2v) is 9.87. The van der Waals surface area contributed by atoms with E-state index in [-0.39, 0.29) is 5.78 Å². The smallest absolute Gasteiger partial charge is 0.231 e. The molecule has 3 heterocycles. The highest BCUT2D eigenvalue weighted by molar-refractivity contribution is 6.15. The van der Waals surface area contributed by atoms with Gasteiger partial charge in [-0.3, -0.25) is 9.69 Å². The van der Waals surface area contributed by atoms with E-state index in [9.17, 15) is 4.79 Å². The molecule has 2 aromatic carbocycles. The summed E-state index contributed by atoms with van der Waals surface area (Å²) in [5.41, 5.74) is 4.68. The summed E-state index contributed by atoms with van der Waals surface area (Å²) in [5, 5.41) is 1.04. The van der Waals surface area contributed by atoms with Gasteiger partial charge in [0.1, 0.15) is 24.0 Å². The highest BCUT2D eigenvalue weighted by Crippen LogP contribution is 2.44. The fourth-order valence-electron chi connectivity index (χ4n) is 5.90. The molecule has 6 rings (SSSR count). The third-order valence-corrected chi connectivity index (χ3v) is 7.80. The van der Waals surface area contributed by atoms with E-state index in [0.29, 0.717) is 29.8 Å². The predicted octanol–water partition coefficient (Wildman–Crippen LogP) is 6.08. The number of fused-ring (bicyclic) bond motifs is 3. The zero-order chi connectivity index (χ0) is 24.1. The largest absolute Gasteiger partial charge is 0.497 e. The van der Waals surface area contributed by atoms with Crippen LogP contribution >= 0.6 is 0 Å². The lowest BCUT2D eigenvalue weighted by molar-refractivity contribution is 0.0397. The molecular formula is C29H32N2O4. The quantitative estimate of drug-likeness (QED) is 0.431. The van der Waals surface area contributed by atoms with Gasteiger partial charge < -0.3 is 18.8 Å². The van der Waals surface area contributed by atoms with Crippen molar-refractivity contribution in [3.8, 4) is 17.2 Å². The van der Waals surface area contributed by atoms with Crippen LogP contribution in [0.25, 0.3) is 17.0 Å². The number of rotatable bonds is 4. The van der Waals surface area contributed by atoms with Crippen LogP contribution < -0.4 is 14.2 Å². The third kappa shape index (κ3) is 3.71. The molecule has 0 unspecified atom stereocenters. The molecule has 1 saturated carbocycles. The van der Waals surface area contributed by atoms with Crippen molar-refractivity contribution in [1.82, 2.24) is 9.47 Å². The van der Waals surface area contributed by atoms with E-state index in [1.807, 2.05) is 31.2 Å². The molecule has 1 fully saturated rings. The molecule has 3 aliphatic rings. The molecule has 0 spiro atoms. The molecule has 3 aromatic rings. The zero-order valence-corrected chi connectivity index (χ0v) is 20.7. The molecule has 1 aromatic heterocycles. The lowest BCUT2D eigenvalue weighted by atomic mass is 9.93. The summed E-state index contributed by atoms with van der Waals surface area (Å²) in [6, 6.07) is 8.59. The van der Waals surface area contributed by atoms with E-state index in [0.717, 1.165) is 52.2 Å². The highest BCUT2D eigenvalue weighted by Gasteiger charge is 2.35. The van der Waals surface area contributed by atoms with Crippen LogP contribution in [0, 0.1) is 6.92 Å². The number of Topliss-reactive ketones (excluding diaryl/α,β-unsaturated/α-hetero) is 1. The van der Waals surface area contributed by atoms with Crippen LogP contribution in [-0.4, -0.2) is 35.1 Å². The van der Waals surface area contributed by atoms with Crippen molar-refractivity contribution < 1.29 is 19.0 Å². The number of ether oxygens (including phenoxy) is 3. The topological polar surface area (TPSA) is 52.9 Å². The minimum Gasteiger partial charge on any atom is -0.497 e. The van der Waals surface area contributed by atoms with Gasteiger partial charge in [0.2, 0.25) is 5.78 Å². The van der Waals surface area contributed by atoms with Crippen LogP contribution in [0.4, 0.5) is 0 Å². The maximum atomic E-state index is 13.5. The predicted molar refractivity (Wildman–Crippen MR) is 136 cm³/mol. The van der Waals surface area contributed by atoms with Crippen LogP contribution in [0.3, 0.4) is 0 Å². The number of ketones is 1. The Morgan fingerprint density at radius 3 is 2.74 bits per heavy atom. The van der Waals surface area contributed by atoms with Crippen molar-refractivity contribution >= 4 is 22.8 Å². The van der Waals surface area contributed by atoms with Crippen LogP contribution in [0.2, 0.25) is 0 Å². The Bertz CT molecular complexity index is 1350. The van der Waals surface area contributed by atoms with Gasteiger partial charge in [0.15, 0.2) is 5.76 Å². The fraction of sp³-hybridized carbons (Fsp3) is 0.414. The summed E-state index contributed by atoms with van der Waals surface area (Å²) >= 11 is 0. The van der Waals surface area contributed by atoms with E-state index in [4.69, 9.17) is 14.2 Å². The van der Waals surface area contributed by atoms with Gasteiger partial charge in [-0.05, 0) is 57.0 Å². The standard InChI is InChI=1S/C29H32N2O4/c1-4-30-15-19(23-14-22(33-3)10-11-25(23)30)13-26-27(32)24-12-20-16-31(21-8-6-5-7-9-21)17-34-28(20)18(2)29(24)35-26/h10-15,21H,4-9,16-17H2,1-3H3/b26-13-. The summed E-state index contributed by atoms with van der Waals surface area (Å²) in [6.07, 6.45) is 10.3. The monoisotopic (exact) mass is 472 g/mol. The zero-order valence-electron chi connectivity index (χ0n) is 20.7. The van der Waals surface area contributed by atoms with Gasteiger partial charge in [-0.2, -0.15) is 0 Å². The van der Waals surface area contributed by atoms with E-state index in [1.54, 1.807) is 7.11 Å². The molecule has 0 atom stereocenters. The minimum absolute atomic E-state index is 0.0685. The van der Waals surface area contributed by atoms with Gasteiger partial charge in [0, 0.05) is 52.9 Å². The fourth-order valence-corrected chi connectivity index (χ4v) is 5.90. The van der Waals surface area contributed by atoms with Crippen molar-refractivity contribution in [1.29, 1.82) is 0 Å². The molecule has 182 valence electrons. The third-order valence-electron chi connectivity index (χ3n) is 7.80. The number of hydrogen-bond donors (Lipinski definition) is 0. The molecule has 1 aliphatic carbocycles. The maximum Gasteiger partial charge on any atom is 0.231 e. The summed E-state index contributed by atoms with van der Waals surface area (Å²) in [6.45, 7) is 6.37. The summed E-state index contributed by atoms with van der Waals surface area (Å²) in [5.74, 6) is 2.57. The average Bonchev–Trinajstić information content (AvgIpc) is 3.41. The molecule has 2 aliphatic heterocycles. The van der Waals surface area contributed by atoms with Gasteiger partial charge in [-0.1, -0.05) is 19.3 Å². The van der Waals surface area contributed by atoms with E-state index in [1.165, 1.54) is 32.1 Å². The molecule has 6 heteroatoms. The molecule has 35 heavy (non-hydrogen) atoms. The molecule has 0 bridgehead atoms. The Morgan fingerprint density at radius 1 is 1.14 bits per heavy atom. The Labute approximate surface area is 206 Å². The van der Waals surface area contributed by atoms with Crippen LogP contribution in [-0.2, 0) is 13.1 Å². The van der Waals surface area contributed by atoms with Crippen molar-refractivity contribution in [2.24, 2.45) is 0 Å². The van der Waals surface area contributed by atoms with Gasteiger partial charge in [0.25, 0.3) is 0 Å². The number of aryl methyl sites for hydroxylation is 1. The molecule has 0 amide bonds. The number of aromatic nitrogens is 1. The maximum absolute atomic E-state index is 13.5. The van der Waals surface area contributed by atoms with Crippen LogP contribution in [0.15, 0.2) is 36.2 Å². The van der Waals surface area contributed by atoms with Crippen LogP contribution in [0.1, 0.15) is 66.1 Å². The summed E-state index contributed by atoms with van der Waals surface area (Å²) in [4.78, 5) is 15.9. The van der Waals surface area contributed by atoms with Gasteiger partial charge in [0.05, 0.1) is 12.7 Å². The average molecular weight is 473 g/mol. The summed E-state index contributed by atoms with van der Waals surface area (Å²) in [7, 11) is 1.67. The first kappa shape index (κ1) is 22.2. The number of carbonyl (C=O) groups is 1. The minimum atomic E-state index is -0.0685. The first-order valence-corrected chi connectivity index (χ1v) is 12.7. The number of carbonyl (C=O) groups excluding carboxylic acids is 1. The Balaban J connectivity index is 1.35. The number of methoxy groups -OCH3 is 1. The molecule has 6 nitrogen and oxygen atoms in total. The van der Waals surface area contributed by atoms with Crippen molar-refractivity contribution in [3.63, 3.8) is 0 Å². The highest BCUT2D eigenvalue weighted by atomic mass is 16.5. The number of allylic oxidation sites excluding steroid dienone is 1. The van der Waals surface area contributed by atoms with Crippen molar-refractivity contribution in [3.05, 3.63) is 58.5 Å². The van der Waals surface area contributed by atoms with Crippen molar-refractivity contribution in [2.45, 2.75) is 65.1 Å². The normalized spacial score (nSPS) is 19.5. The van der Waals surface area contributed by atoms with E-state index in [2.05, 4.69) is 28.7 Å².